The molecule has 0 aromatic heterocycles. The minimum atomic E-state index is -0.918. The SMILES string of the molecule is CC(=CCCCCC(=O)O)C(=O)O. The van der Waals surface area contributed by atoms with Crippen LogP contribution in [0.2, 0.25) is 0 Å². The second-order valence-corrected chi connectivity index (χ2v) is 2.83. The number of carboxylic acids is 2. The lowest BCUT2D eigenvalue weighted by Crippen LogP contribution is -1.96. The molecule has 0 amide bonds. The fourth-order valence-corrected chi connectivity index (χ4v) is 0.826. The molecule has 2 N–H and O–H groups in total. The van der Waals surface area contributed by atoms with Gasteiger partial charge in [0.25, 0.3) is 0 Å². The molecule has 0 saturated heterocycles. The first kappa shape index (κ1) is 11.7. The summed E-state index contributed by atoms with van der Waals surface area (Å²) in [6, 6.07) is 0. The van der Waals surface area contributed by atoms with Gasteiger partial charge in [-0.25, -0.2) is 4.79 Å². The van der Waals surface area contributed by atoms with E-state index in [1.165, 1.54) is 6.92 Å². The van der Waals surface area contributed by atoms with Crippen LogP contribution in [-0.2, 0) is 9.59 Å². The monoisotopic (exact) mass is 186 g/mol. The molecule has 0 unspecified atom stereocenters. The van der Waals surface area contributed by atoms with Gasteiger partial charge in [0.05, 0.1) is 0 Å². The van der Waals surface area contributed by atoms with Crippen LogP contribution in [0.1, 0.15) is 32.6 Å². The molecule has 0 aliphatic carbocycles. The lowest BCUT2D eigenvalue weighted by molar-refractivity contribution is -0.137. The summed E-state index contributed by atoms with van der Waals surface area (Å²) in [7, 11) is 0. The Hall–Kier alpha value is -1.32. The van der Waals surface area contributed by atoms with Gasteiger partial charge in [0.1, 0.15) is 0 Å². The van der Waals surface area contributed by atoms with Crippen molar-refractivity contribution < 1.29 is 19.8 Å². The Bertz CT molecular complexity index is 218. The number of rotatable bonds is 6. The summed E-state index contributed by atoms with van der Waals surface area (Å²) in [5, 5.41) is 16.8. The maximum absolute atomic E-state index is 10.3. The topological polar surface area (TPSA) is 74.6 Å². The molecule has 0 spiro atoms. The van der Waals surface area contributed by atoms with Gasteiger partial charge in [-0.2, -0.15) is 0 Å². The van der Waals surface area contributed by atoms with Crippen molar-refractivity contribution in [2.24, 2.45) is 0 Å². The molecule has 4 nitrogen and oxygen atoms in total. The molecular formula is C9H14O4. The van der Waals surface area contributed by atoms with Gasteiger partial charge < -0.3 is 10.2 Å². The fraction of sp³-hybridized carbons (Fsp3) is 0.556. The number of hydrogen-bond donors (Lipinski definition) is 2. The Balaban J connectivity index is 3.50. The summed E-state index contributed by atoms with van der Waals surface area (Å²) in [5.41, 5.74) is 0.315. The Morgan fingerprint density at radius 2 is 1.85 bits per heavy atom. The second-order valence-electron chi connectivity index (χ2n) is 2.83. The number of unbranched alkanes of at least 4 members (excludes halogenated alkanes) is 2. The van der Waals surface area contributed by atoms with Crippen molar-refractivity contribution in [1.29, 1.82) is 0 Å². The zero-order valence-corrected chi connectivity index (χ0v) is 7.62. The van der Waals surface area contributed by atoms with Gasteiger partial charge in [-0.15, -0.1) is 0 Å². The van der Waals surface area contributed by atoms with E-state index in [2.05, 4.69) is 0 Å². The van der Waals surface area contributed by atoms with Gasteiger partial charge in [-0.1, -0.05) is 6.08 Å². The van der Waals surface area contributed by atoms with Gasteiger partial charge in [-0.3, -0.25) is 4.79 Å². The van der Waals surface area contributed by atoms with Gasteiger partial charge in [0.15, 0.2) is 0 Å². The minimum Gasteiger partial charge on any atom is -0.481 e. The van der Waals surface area contributed by atoms with Crippen LogP contribution in [0, 0.1) is 0 Å². The van der Waals surface area contributed by atoms with Crippen molar-refractivity contribution in [3.8, 4) is 0 Å². The standard InChI is InChI=1S/C9H14O4/c1-7(9(12)13)5-3-2-4-6-8(10)11/h5H,2-4,6H2,1H3,(H,10,11)(H,12,13). The van der Waals surface area contributed by atoms with E-state index in [9.17, 15) is 9.59 Å². The van der Waals surface area contributed by atoms with E-state index in [1.54, 1.807) is 6.08 Å². The molecule has 0 bridgehead atoms. The minimum absolute atomic E-state index is 0.153. The zero-order valence-electron chi connectivity index (χ0n) is 7.62. The van der Waals surface area contributed by atoms with Crippen LogP contribution in [0.4, 0.5) is 0 Å². The number of carboxylic acid groups (broad SMARTS) is 2. The van der Waals surface area contributed by atoms with Crippen LogP contribution in [-0.4, -0.2) is 22.2 Å². The fourth-order valence-electron chi connectivity index (χ4n) is 0.826. The third-order valence-corrected chi connectivity index (χ3v) is 1.63. The quantitative estimate of drug-likeness (QED) is 0.488. The maximum atomic E-state index is 10.3. The molecule has 0 atom stereocenters. The van der Waals surface area contributed by atoms with Crippen LogP contribution in [0.25, 0.3) is 0 Å². The molecule has 74 valence electrons. The predicted octanol–water partition coefficient (Wildman–Crippen LogP) is 1.66. The molecule has 0 fully saturated rings. The van der Waals surface area contributed by atoms with Crippen LogP contribution in [0.3, 0.4) is 0 Å². The normalized spacial score (nSPS) is 11.3. The third-order valence-electron chi connectivity index (χ3n) is 1.63. The van der Waals surface area contributed by atoms with Gasteiger partial charge >= 0.3 is 11.9 Å². The Morgan fingerprint density at radius 1 is 1.23 bits per heavy atom. The molecule has 0 saturated carbocycles. The molecule has 0 rings (SSSR count). The maximum Gasteiger partial charge on any atom is 0.330 e. The molecule has 0 aliphatic heterocycles. The van der Waals surface area contributed by atoms with Crippen LogP contribution < -0.4 is 0 Å². The summed E-state index contributed by atoms with van der Waals surface area (Å²) in [5.74, 6) is -1.72. The smallest absolute Gasteiger partial charge is 0.330 e. The van der Waals surface area contributed by atoms with E-state index in [1.807, 2.05) is 0 Å². The van der Waals surface area contributed by atoms with Gasteiger partial charge in [0.2, 0.25) is 0 Å². The highest BCUT2D eigenvalue weighted by Gasteiger charge is 1.99. The molecule has 0 aromatic rings. The van der Waals surface area contributed by atoms with Crippen LogP contribution >= 0.6 is 0 Å². The zero-order chi connectivity index (χ0) is 10.3. The third kappa shape index (κ3) is 7.05. The Kier molecular flexibility index (Phi) is 5.59. The van der Waals surface area contributed by atoms with E-state index < -0.39 is 11.9 Å². The lowest BCUT2D eigenvalue weighted by Gasteiger charge is -1.95. The molecule has 0 radical (unpaired) electrons. The first-order chi connectivity index (χ1) is 6.04. The van der Waals surface area contributed by atoms with Crippen molar-refractivity contribution in [3.05, 3.63) is 11.6 Å². The van der Waals surface area contributed by atoms with Gasteiger partial charge in [0, 0.05) is 12.0 Å². The van der Waals surface area contributed by atoms with E-state index in [0.717, 1.165) is 6.42 Å². The molecule has 0 heterocycles. The predicted molar refractivity (Wildman–Crippen MR) is 47.5 cm³/mol. The van der Waals surface area contributed by atoms with E-state index in [4.69, 9.17) is 10.2 Å². The van der Waals surface area contributed by atoms with Crippen molar-refractivity contribution in [2.45, 2.75) is 32.6 Å². The molecular weight excluding hydrogens is 172 g/mol. The highest BCUT2D eigenvalue weighted by Crippen LogP contribution is 2.03. The largest absolute Gasteiger partial charge is 0.481 e. The molecule has 13 heavy (non-hydrogen) atoms. The van der Waals surface area contributed by atoms with Crippen molar-refractivity contribution in [3.63, 3.8) is 0 Å². The summed E-state index contributed by atoms with van der Waals surface area (Å²) >= 11 is 0. The van der Waals surface area contributed by atoms with E-state index in [-0.39, 0.29) is 6.42 Å². The highest BCUT2D eigenvalue weighted by atomic mass is 16.4. The van der Waals surface area contributed by atoms with Gasteiger partial charge in [-0.05, 0) is 26.2 Å². The first-order valence-electron chi connectivity index (χ1n) is 4.16. The molecule has 4 heteroatoms. The lowest BCUT2D eigenvalue weighted by atomic mass is 10.1. The van der Waals surface area contributed by atoms with Crippen molar-refractivity contribution in [1.82, 2.24) is 0 Å². The van der Waals surface area contributed by atoms with Crippen LogP contribution in [0.5, 0.6) is 0 Å². The van der Waals surface area contributed by atoms with Crippen molar-refractivity contribution in [2.75, 3.05) is 0 Å². The summed E-state index contributed by atoms with van der Waals surface area (Å²) < 4.78 is 0. The van der Waals surface area contributed by atoms with E-state index >= 15 is 0 Å². The Morgan fingerprint density at radius 3 is 2.31 bits per heavy atom. The van der Waals surface area contributed by atoms with E-state index in [0.29, 0.717) is 18.4 Å². The first-order valence-corrected chi connectivity index (χ1v) is 4.16. The number of allylic oxidation sites excluding steroid dienone is 1. The average Bonchev–Trinajstić information content (AvgIpc) is 2.02. The second kappa shape index (κ2) is 6.22. The number of hydrogen-bond acceptors (Lipinski definition) is 2. The highest BCUT2D eigenvalue weighted by molar-refractivity contribution is 5.85. The number of aliphatic carboxylic acids is 2. The number of carbonyl (C=O) groups is 2. The molecule has 0 aliphatic rings. The summed E-state index contributed by atoms with van der Waals surface area (Å²) in [6.45, 7) is 1.53. The van der Waals surface area contributed by atoms with Crippen LogP contribution in [0.15, 0.2) is 11.6 Å². The summed E-state index contributed by atoms with van der Waals surface area (Å²) in [6.07, 6.45) is 3.71. The summed E-state index contributed by atoms with van der Waals surface area (Å²) in [4.78, 5) is 20.4. The Labute approximate surface area is 76.9 Å². The van der Waals surface area contributed by atoms with Crippen molar-refractivity contribution >= 4 is 11.9 Å². The molecule has 0 aromatic carbocycles. The average molecular weight is 186 g/mol.